The molecule has 0 aromatic heterocycles. The van der Waals surface area contributed by atoms with Crippen molar-refractivity contribution >= 4 is 23.2 Å². The molecule has 0 spiro atoms. The van der Waals surface area contributed by atoms with Gasteiger partial charge in [0, 0.05) is 12.2 Å². The van der Waals surface area contributed by atoms with E-state index in [-0.39, 0.29) is 0 Å². The molecule has 1 aromatic carbocycles. The molecule has 1 heterocycles. The molecule has 20 heavy (non-hydrogen) atoms. The van der Waals surface area contributed by atoms with Gasteiger partial charge in [0.1, 0.15) is 0 Å². The fourth-order valence-corrected chi connectivity index (χ4v) is 2.56. The van der Waals surface area contributed by atoms with Gasteiger partial charge in [0.05, 0.1) is 23.3 Å². The van der Waals surface area contributed by atoms with Crippen LogP contribution in [0.2, 0.25) is 5.02 Å². The first-order chi connectivity index (χ1) is 9.68. The number of halogens is 1. The fourth-order valence-electron chi connectivity index (χ4n) is 2.30. The third kappa shape index (κ3) is 4.10. The zero-order valence-corrected chi connectivity index (χ0v) is 12.1. The van der Waals surface area contributed by atoms with Crippen LogP contribution in [-0.2, 0) is 4.74 Å². The van der Waals surface area contributed by atoms with Crippen molar-refractivity contribution in [3.8, 4) is 0 Å². The van der Waals surface area contributed by atoms with E-state index in [2.05, 4.69) is 10.6 Å². The molecular formula is C14H20ClN3O2. The Kier molecular flexibility index (Phi) is 5.64. The summed E-state index contributed by atoms with van der Waals surface area (Å²) in [7, 11) is 0. The minimum Gasteiger partial charge on any atom is -0.382 e. The van der Waals surface area contributed by atoms with Gasteiger partial charge in [0.25, 0.3) is 5.91 Å². The minimum absolute atomic E-state index is 0.327. The van der Waals surface area contributed by atoms with Gasteiger partial charge in [-0.2, -0.15) is 0 Å². The molecule has 0 unspecified atom stereocenters. The number of benzene rings is 1. The third-order valence-electron chi connectivity index (χ3n) is 3.32. The molecule has 110 valence electrons. The van der Waals surface area contributed by atoms with Gasteiger partial charge in [0.15, 0.2) is 0 Å². The second kappa shape index (κ2) is 7.47. The van der Waals surface area contributed by atoms with E-state index < -0.39 is 5.91 Å². The number of ether oxygens (including phenoxy) is 1. The van der Waals surface area contributed by atoms with Gasteiger partial charge in [-0.1, -0.05) is 17.7 Å². The van der Waals surface area contributed by atoms with E-state index in [9.17, 15) is 4.79 Å². The Morgan fingerprint density at radius 1 is 1.45 bits per heavy atom. The number of carbonyl (C=O) groups excluding carboxylic acids is 1. The lowest BCUT2D eigenvalue weighted by atomic mass is 10.1. The van der Waals surface area contributed by atoms with E-state index in [1.807, 2.05) is 0 Å². The maximum absolute atomic E-state index is 11.4. The highest BCUT2D eigenvalue weighted by molar-refractivity contribution is 6.34. The Hall–Kier alpha value is -1.30. The molecule has 1 aliphatic heterocycles. The Morgan fingerprint density at radius 3 is 2.90 bits per heavy atom. The molecule has 1 aliphatic rings. The Morgan fingerprint density at radius 2 is 2.20 bits per heavy atom. The number of anilines is 1. The summed E-state index contributed by atoms with van der Waals surface area (Å²) in [6.07, 6.45) is 2.42. The highest BCUT2D eigenvalue weighted by Crippen LogP contribution is 2.23. The smallest absolute Gasteiger partial charge is 0.252 e. The monoisotopic (exact) mass is 297 g/mol. The Labute approximate surface area is 123 Å². The van der Waals surface area contributed by atoms with E-state index >= 15 is 0 Å². The average molecular weight is 298 g/mol. The first-order valence-electron chi connectivity index (χ1n) is 6.83. The molecule has 1 aromatic rings. The average Bonchev–Trinajstić information content (AvgIpc) is 2.44. The van der Waals surface area contributed by atoms with E-state index in [4.69, 9.17) is 22.1 Å². The summed E-state index contributed by atoms with van der Waals surface area (Å²) in [5.74, 6) is -0.530. The van der Waals surface area contributed by atoms with Crippen molar-refractivity contribution in [2.24, 2.45) is 5.73 Å². The van der Waals surface area contributed by atoms with Gasteiger partial charge < -0.3 is 21.1 Å². The molecule has 0 aliphatic carbocycles. The molecule has 6 heteroatoms. The Balaban J connectivity index is 1.82. The third-order valence-corrected chi connectivity index (χ3v) is 3.63. The van der Waals surface area contributed by atoms with Crippen molar-refractivity contribution < 1.29 is 9.53 Å². The van der Waals surface area contributed by atoms with Gasteiger partial charge in [-0.15, -0.1) is 0 Å². The zero-order chi connectivity index (χ0) is 14.4. The van der Waals surface area contributed by atoms with Crippen LogP contribution >= 0.6 is 11.6 Å². The number of hydrogen-bond donors (Lipinski definition) is 3. The lowest BCUT2D eigenvalue weighted by Crippen LogP contribution is -2.33. The van der Waals surface area contributed by atoms with Gasteiger partial charge >= 0.3 is 0 Å². The van der Waals surface area contributed by atoms with Crippen molar-refractivity contribution in [2.75, 3.05) is 31.6 Å². The van der Waals surface area contributed by atoms with Crippen molar-refractivity contribution in [2.45, 2.75) is 18.9 Å². The lowest BCUT2D eigenvalue weighted by molar-refractivity contribution is 0.0394. The molecule has 0 atom stereocenters. The predicted octanol–water partition coefficient (Wildman–Crippen LogP) is 1.62. The molecule has 2 rings (SSSR count). The van der Waals surface area contributed by atoms with E-state index in [0.717, 1.165) is 25.9 Å². The van der Waals surface area contributed by atoms with Crippen LogP contribution in [0.4, 0.5) is 5.69 Å². The van der Waals surface area contributed by atoms with Crippen LogP contribution in [0, 0.1) is 0 Å². The molecule has 1 amide bonds. The van der Waals surface area contributed by atoms with Gasteiger partial charge in [-0.3, -0.25) is 4.79 Å². The molecule has 0 bridgehead atoms. The molecular weight excluding hydrogens is 278 g/mol. The summed E-state index contributed by atoms with van der Waals surface area (Å²) in [6, 6.07) is 5.22. The van der Waals surface area contributed by atoms with Crippen LogP contribution in [0.3, 0.4) is 0 Å². The van der Waals surface area contributed by atoms with Crippen molar-refractivity contribution in [1.82, 2.24) is 5.32 Å². The molecule has 0 saturated carbocycles. The quantitative estimate of drug-likeness (QED) is 0.697. The lowest BCUT2D eigenvalue weighted by Gasteiger charge is -2.23. The summed E-state index contributed by atoms with van der Waals surface area (Å²) in [6.45, 7) is 3.23. The molecule has 1 saturated heterocycles. The predicted molar refractivity (Wildman–Crippen MR) is 80.3 cm³/mol. The molecule has 5 nitrogen and oxygen atoms in total. The van der Waals surface area contributed by atoms with Crippen molar-refractivity contribution in [1.29, 1.82) is 0 Å². The second-order valence-electron chi connectivity index (χ2n) is 4.77. The number of piperidine rings is 1. The Bertz CT molecular complexity index is 462. The van der Waals surface area contributed by atoms with Gasteiger partial charge in [0.2, 0.25) is 0 Å². The fraction of sp³-hybridized carbons (Fsp3) is 0.500. The summed E-state index contributed by atoms with van der Waals surface area (Å²) >= 11 is 5.98. The highest BCUT2D eigenvalue weighted by Gasteiger charge is 2.14. The van der Waals surface area contributed by atoms with E-state index in [1.165, 1.54) is 0 Å². The molecule has 0 radical (unpaired) electrons. The largest absolute Gasteiger partial charge is 0.382 e. The number of carbonyl (C=O) groups is 1. The van der Waals surface area contributed by atoms with E-state index in [0.29, 0.717) is 35.5 Å². The molecule has 4 N–H and O–H groups in total. The summed E-state index contributed by atoms with van der Waals surface area (Å²) in [5, 5.41) is 6.81. The minimum atomic E-state index is -0.530. The van der Waals surface area contributed by atoms with Crippen LogP contribution < -0.4 is 16.4 Å². The number of amides is 1. The van der Waals surface area contributed by atoms with Crippen LogP contribution in [0.5, 0.6) is 0 Å². The standard InChI is InChI=1S/C14H20ClN3O2/c15-11-2-1-3-12(13(11)14(16)19)18-8-9-20-10-4-6-17-7-5-10/h1-3,10,17-18H,4-9H2,(H2,16,19). The van der Waals surface area contributed by atoms with Crippen LogP contribution in [0.1, 0.15) is 23.2 Å². The number of hydrogen-bond acceptors (Lipinski definition) is 4. The maximum atomic E-state index is 11.4. The summed E-state index contributed by atoms with van der Waals surface area (Å²) in [4.78, 5) is 11.4. The van der Waals surface area contributed by atoms with Crippen LogP contribution in [0.25, 0.3) is 0 Å². The summed E-state index contributed by atoms with van der Waals surface area (Å²) < 4.78 is 5.78. The van der Waals surface area contributed by atoms with Crippen molar-refractivity contribution in [3.63, 3.8) is 0 Å². The van der Waals surface area contributed by atoms with Crippen LogP contribution in [-0.4, -0.2) is 38.3 Å². The number of primary amides is 1. The SMILES string of the molecule is NC(=O)c1c(Cl)cccc1NCCOC1CCNCC1. The highest BCUT2D eigenvalue weighted by atomic mass is 35.5. The van der Waals surface area contributed by atoms with E-state index in [1.54, 1.807) is 18.2 Å². The maximum Gasteiger partial charge on any atom is 0.252 e. The van der Waals surface area contributed by atoms with Gasteiger partial charge in [-0.05, 0) is 38.1 Å². The number of rotatable bonds is 6. The second-order valence-corrected chi connectivity index (χ2v) is 5.18. The first kappa shape index (κ1) is 15.1. The number of nitrogens with one attached hydrogen (secondary N) is 2. The topological polar surface area (TPSA) is 76.4 Å². The van der Waals surface area contributed by atoms with Gasteiger partial charge in [-0.25, -0.2) is 0 Å². The number of nitrogens with two attached hydrogens (primary N) is 1. The summed E-state index contributed by atoms with van der Waals surface area (Å²) in [5.41, 5.74) is 6.32. The molecule has 1 fully saturated rings. The zero-order valence-electron chi connectivity index (χ0n) is 11.3. The van der Waals surface area contributed by atoms with Crippen LogP contribution in [0.15, 0.2) is 18.2 Å². The first-order valence-corrected chi connectivity index (χ1v) is 7.21. The van der Waals surface area contributed by atoms with Crippen molar-refractivity contribution in [3.05, 3.63) is 28.8 Å². The normalized spacial score (nSPS) is 16.1.